The Balaban J connectivity index is 2.18. The summed E-state index contributed by atoms with van der Waals surface area (Å²) in [6, 6.07) is 1.72. The van der Waals surface area contributed by atoms with E-state index in [1.807, 2.05) is 6.92 Å². The van der Waals surface area contributed by atoms with Gasteiger partial charge in [-0.2, -0.15) is 4.31 Å². The van der Waals surface area contributed by atoms with Gasteiger partial charge in [0.1, 0.15) is 4.21 Å². The molecule has 0 aliphatic carbocycles. The second-order valence-corrected chi connectivity index (χ2v) is 8.35. The number of thiophene rings is 1. The Kier molecular flexibility index (Phi) is 4.89. The van der Waals surface area contributed by atoms with Crippen LogP contribution in [0.25, 0.3) is 0 Å². The topological polar surface area (TPSA) is 46.6 Å². The van der Waals surface area contributed by atoms with Gasteiger partial charge in [0.25, 0.3) is 10.0 Å². The summed E-state index contributed by atoms with van der Waals surface area (Å²) in [6.45, 7) is 3.63. The average molecular weight is 324 g/mol. The molecule has 1 unspecified atom stereocenters. The summed E-state index contributed by atoms with van der Waals surface area (Å²) in [4.78, 5) is 0.924. The number of methoxy groups -OCH3 is 1. The van der Waals surface area contributed by atoms with E-state index in [0.29, 0.717) is 35.7 Å². The minimum atomic E-state index is -3.36. The molecule has 0 amide bonds. The van der Waals surface area contributed by atoms with Crippen LogP contribution in [0.2, 0.25) is 0 Å². The number of ether oxygens (including phenoxy) is 1. The Morgan fingerprint density at radius 3 is 2.89 bits per heavy atom. The minimum absolute atomic E-state index is 0.299. The second-order valence-electron chi connectivity index (χ2n) is 4.78. The Labute approximate surface area is 123 Å². The normalized spacial score (nSPS) is 21.1. The first kappa shape index (κ1) is 15.3. The van der Waals surface area contributed by atoms with Gasteiger partial charge in [0.05, 0.1) is 12.5 Å². The molecule has 4 nitrogen and oxygen atoms in total. The van der Waals surface area contributed by atoms with Crippen molar-refractivity contribution < 1.29 is 13.2 Å². The molecule has 0 saturated carbocycles. The molecule has 2 heterocycles. The zero-order chi connectivity index (χ0) is 14.0. The fourth-order valence-corrected chi connectivity index (χ4v) is 5.76. The van der Waals surface area contributed by atoms with Gasteiger partial charge in [0, 0.05) is 25.1 Å². The molecule has 1 atom stereocenters. The molecule has 1 aromatic heterocycles. The lowest BCUT2D eigenvalue weighted by Gasteiger charge is -2.15. The van der Waals surface area contributed by atoms with Crippen LogP contribution in [0.4, 0.5) is 0 Å². The van der Waals surface area contributed by atoms with Crippen LogP contribution in [0, 0.1) is 12.8 Å². The van der Waals surface area contributed by atoms with E-state index in [0.717, 1.165) is 16.9 Å². The van der Waals surface area contributed by atoms with Gasteiger partial charge >= 0.3 is 0 Å². The van der Waals surface area contributed by atoms with E-state index in [2.05, 4.69) is 0 Å². The maximum absolute atomic E-state index is 12.5. The van der Waals surface area contributed by atoms with Gasteiger partial charge in [-0.25, -0.2) is 8.42 Å². The molecule has 1 aromatic rings. The third-order valence-corrected chi connectivity index (χ3v) is 7.34. The van der Waals surface area contributed by atoms with Crippen LogP contribution in [0.5, 0.6) is 0 Å². The summed E-state index contributed by atoms with van der Waals surface area (Å²) in [7, 11) is -1.72. The number of alkyl halides is 1. The summed E-state index contributed by atoms with van der Waals surface area (Å²) < 4.78 is 32.1. The Bertz CT molecular complexity index is 541. The molecule has 1 fully saturated rings. The van der Waals surface area contributed by atoms with Gasteiger partial charge in [-0.05, 0) is 30.9 Å². The van der Waals surface area contributed by atoms with E-state index in [9.17, 15) is 8.42 Å². The number of rotatable bonds is 5. The highest BCUT2D eigenvalue weighted by atomic mass is 35.5. The number of aryl methyl sites for hydroxylation is 1. The van der Waals surface area contributed by atoms with Gasteiger partial charge in [-0.1, -0.05) is 0 Å². The lowest BCUT2D eigenvalue weighted by Crippen LogP contribution is -2.28. The predicted molar refractivity (Wildman–Crippen MR) is 77.4 cm³/mol. The molecule has 0 spiro atoms. The summed E-state index contributed by atoms with van der Waals surface area (Å²) in [6.07, 6.45) is 0.861. The van der Waals surface area contributed by atoms with Gasteiger partial charge in [0.15, 0.2) is 0 Å². The first-order valence-electron chi connectivity index (χ1n) is 6.13. The summed E-state index contributed by atoms with van der Waals surface area (Å²) in [5.41, 5.74) is 0.950. The monoisotopic (exact) mass is 323 g/mol. The number of sulfonamides is 1. The number of nitrogens with zero attached hydrogens (tertiary/aromatic N) is 1. The highest BCUT2D eigenvalue weighted by Gasteiger charge is 2.33. The van der Waals surface area contributed by atoms with E-state index in [1.54, 1.807) is 17.5 Å². The molecule has 0 N–H and O–H groups in total. The van der Waals surface area contributed by atoms with Crippen LogP contribution < -0.4 is 0 Å². The fraction of sp³-hybridized carbons (Fsp3) is 0.667. The van der Waals surface area contributed by atoms with E-state index in [4.69, 9.17) is 16.3 Å². The van der Waals surface area contributed by atoms with E-state index < -0.39 is 10.0 Å². The van der Waals surface area contributed by atoms with Gasteiger partial charge in [0.2, 0.25) is 0 Å². The van der Waals surface area contributed by atoms with Crippen molar-refractivity contribution in [1.29, 1.82) is 0 Å². The van der Waals surface area contributed by atoms with Crippen molar-refractivity contribution >= 4 is 33.0 Å². The minimum Gasteiger partial charge on any atom is -0.384 e. The van der Waals surface area contributed by atoms with Crippen LogP contribution in [0.15, 0.2) is 10.3 Å². The third kappa shape index (κ3) is 3.13. The standard InChI is InChI=1S/C12H18ClNO3S2/c1-9-5-12(18-11(9)6-13)19(15,16)14-4-3-10(7-14)8-17-2/h5,10H,3-4,6-8H2,1-2H3. The van der Waals surface area contributed by atoms with Gasteiger partial charge < -0.3 is 4.74 Å². The maximum Gasteiger partial charge on any atom is 0.252 e. The molecule has 7 heteroatoms. The van der Waals surface area contributed by atoms with Gasteiger partial charge in [-0.3, -0.25) is 0 Å². The first-order chi connectivity index (χ1) is 8.98. The lowest BCUT2D eigenvalue weighted by atomic mass is 10.1. The molecule has 0 radical (unpaired) electrons. The summed E-state index contributed by atoms with van der Waals surface area (Å²) >= 11 is 7.08. The van der Waals surface area contributed by atoms with E-state index >= 15 is 0 Å². The van der Waals surface area contributed by atoms with Crippen molar-refractivity contribution in [3.05, 3.63) is 16.5 Å². The molecule has 0 aromatic carbocycles. The van der Waals surface area contributed by atoms with Crippen LogP contribution in [0.3, 0.4) is 0 Å². The van der Waals surface area contributed by atoms with Crippen LogP contribution in [-0.4, -0.2) is 39.5 Å². The summed E-state index contributed by atoms with van der Waals surface area (Å²) in [5, 5.41) is 0. The molecule has 19 heavy (non-hydrogen) atoms. The van der Waals surface area contributed by atoms with Crippen molar-refractivity contribution in [1.82, 2.24) is 4.31 Å². The number of hydrogen-bond acceptors (Lipinski definition) is 4. The Morgan fingerprint density at radius 2 is 2.32 bits per heavy atom. The molecule has 108 valence electrons. The third-order valence-electron chi connectivity index (χ3n) is 3.36. The molecule has 2 rings (SSSR count). The number of halogens is 1. The van der Waals surface area contributed by atoms with Gasteiger partial charge in [-0.15, -0.1) is 22.9 Å². The lowest BCUT2D eigenvalue weighted by molar-refractivity contribution is 0.157. The molecular formula is C12H18ClNO3S2. The molecule has 1 aliphatic heterocycles. The van der Waals surface area contributed by atoms with Crippen molar-refractivity contribution in [3.8, 4) is 0 Å². The molecule has 1 saturated heterocycles. The highest BCUT2D eigenvalue weighted by molar-refractivity contribution is 7.91. The zero-order valence-corrected chi connectivity index (χ0v) is 13.4. The van der Waals surface area contributed by atoms with Crippen molar-refractivity contribution in [3.63, 3.8) is 0 Å². The van der Waals surface area contributed by atoms with Crippen molar-refractivity contribution in [2.24, 2.45) is 5.92 Å². The van der Waals surface area contributed by atoms with Crippen LogP contribution in [-0.2, 0) is 20.6 Å². The van der Waals surface area contributed by atoms with Crippen LogP contribution in [0.1, 0.15) is 16.9 Å². The largest absolute Gasteiger partial charge is 0.384 e. The van der Waals surface area contributed by atoms with E-state index in [1.165, 1.54) is 11.3 Å². The SMILES string of the molecule is COCC1CCN(S(=O)(=O)c2cc(C)c(CCl)s2)C1. The first-order valence-corrected chi connectivity index (χ1v) is 8.92. The summed E-state index contributed by atoms with van der Waals surface area (Å²) in [5.74, 6) is 0.659. The quantitative estimate of drug-likeness (QED) is 0.782. The Hall–Kier alpha value is -0.140. The zero-order valence-electron chi connectivity index (χ0n) is 11.1. The molecular weight excluding hydrogens is 306 g/mol. The number of hydrogen-bond donors (Lipinski definition) is 0. The second kappa shape index (κ2) is 6.10. The average Bonchev–Trinajstić information content (AvgIpc) is 2.96. The molecule has 1 aliphatic rings. The van der Waals surface area contributed by atoms with Crippen molar-refractivity contribution in [2.75, 3.05) is 26.8 Å². The maximum atomic E-state index is 12.5. The fourth-order valence-electron chi connectivity index (χ4n) is 2.26. The Morgan fingerprint density at radius 1 is 1.58 bits per heavy atom. The predicted octanol–water partition coefficient (Wildman–Crippen LogP) is 2.45. The van der Waals surface area contributed by atoms with Crippen LogP contribution >= 0.6 is 22.9 Å². The molecule has 0 bridgehead atoms. The van der Waals surface area contributed by atoms with Crippen molar-refractivity contribution in [2.45, 2.75) is 23.4 Å². The highest BCUT2D eigenvalue weighted by Crippen LogP contribution is 2.32. The van der Waals surface area contributed by atoms with E-state index in [-0.39, 0.29) is 0 Å². The smallest absolute Gasteiger partial charge is 0.252 e.